The molecule has 2 aromatic rings. The van der Waals surface area contributed by atoms with Gasteiger partial charge in [0.05, 0.1) is 11.7 Å². The van der Waals surface area contributed by atoms with Crippen LogP contribution in [0.5, 0.6) is 5.75 Å². The van der Waals surface area contributed by atoms with Crippen molar-refractivity contribution in [3.8, 4) is 16.3 Å². The molecule has 0 aliphatic heterocycles. The highest BCUT2D eigenvalue weighted by molar-refractivity contribution is 7.15. The van der Waals surface area contributed by atoms with E-state index >= 15 is 0 Å². The van der Waals surface area contributed by atoms with E-state index in [0.717, 1.165) is 42.1 Å². The van der Waals surface area contributed by atoms with Gasteiger partial charge in [-0.1, -0.05) is 6.92 Å². The minimum Gasteiger partial charge on any atom is -0.505 e. The lowest BCUT2D eigenvalue weighted by atomic mass is 9.97. The highest BCUT2D eigenvalue weighted by Crippen LogP contribution is 2.37. The van der Waals surface area contributed by atoms with E-state index in [1.807, 2.05) is 0 Å². The van der Waals surface area contributed by atoms with Gasteiger partial charge in [-0.05, 0) is 44.0 Å². The molecule has 2 N–H and O–H groups in total. The number of rotatable bonds is 3. The Balaban J connectivity index is 1.97. The van der Waals surface area contributed by atoms with Crippen molar-refractivity contribution < 1.29 is 9.50 Å². The summed E-state index contributed by atoms with van der Waals surface area (Å²) in [6.45, 7) is 3.02. The molecular formula is C15H17FN2OS. The molecule has 3 rings (SSSR count). The van der Waals surface area contributed by atoms with Gasteiger partial charge in [-0.25, -0.2) is 9.37 Å². The highest BCUT2D eigenvalue weighted by Gasteiger charge is 2.24. The zero-order valence-electron chi connectivity index (χ0n) is 11.3. The molecule has 20 heavy (non-hydrogen) atoms. The van der Waals surface area contributed by atoms with Gasteiger partial charge >= 0.3 is 0 Å². The number of aromatic hydroxyl groups is 1. The van der Waals surface area contributed by atoms with Crippen LogP contribution in [0, 0.1) is 5.82 Å². The Morgan fingerprint density at radius 3 is 3.10 bits per heavy atom. The number of thiazole rings is 1. The number of hydrogen-bond acceptors (Lipinski definition) is 4. The number of phenols is 1. The molecule has 1 atom stereocenters. The van der Waals surface area contributed by atoms with Crippen molar-refractivity contribution in [1.82, 2.24) is 10.3 Å². The number of nitrogens with zero attached hydrogens (tertiary/aromatic N) is 1. The molecule has 0 saturated heterocycles. The lowest BCUT2D eigenvalue weighted by Crippen LogP contribution is -2.24. The van der Waals surface area contributed by atoms with Crippen molar-refractivity contribution in [2.45, 2.75) is 32.2 Å². The molecule has 0 radical (unpaired) electrons. The largest absolute Gasteiger partial charge is 0.505 e. The summed E-state index contributed by atoms with van der Waals surface area (Å²) in [5, 5.41) is 13.6. The maximum Gasteiger partial charge on any atom is 0.165 e. The van der Waals surface area contributed by atoms with E-state index in [-0.39, 0.29) is 5.75 Å². The Hall–Kier alpha value is -1.46. The third-order valence-corrected chi connectivity index (χ3v) is 4.78. The number of phenolic OH excluding ortho intramolecular Hbond substituents is 1. The van der Waals surface area contributed by atoms with Crippen LogP contribution in [0.25, 0.3) is 10.6 Å². The second kappa shape index (κ2) is 5.50. The van der Waals surface area contributed by atoms with E-state index in [4.69, 9.17) is 4.98 Å². The standard InChI is InChI=1S/C15H17FN2OS/c1-2-17-11-4-3-5-13-14(11)18-15(20-13)9-6-7-12(19)10(16)8-9/h6-8,11,17,19H,2-5H2,1H3. The smallest absolute Gasteiger partial charge is 0.165 e. The van der Waals surface area contributed by atoms with Crippen LogP contribution < -0.4 is 5.32 Å². The average molecular weight is 292 g/mol. The second-order valence-corrected chi connectivity index (χ2v) is 6.08. The van der Waals surface area contributed by atoms with Crippen LogP contribution in [-0.2, 0) is 6.42 Å². The number of aryl methyl sites for hydroxylation is 1. The summed E-state index contributed by atoms with van der Waals surface area (Å²) in [6, 6.07) is 4.76. The molecule has 0 saturated carbocycles. The van der Waals surface area contributed by atoms with Crippen LogP contribution in [0.3, 0.4) is 0 Å². The molecule has 1 heterocycles. The first-order valence-electron chi connectivity index (χ1n) is 6.91. The Morgan fingerprint density at radius 2 is 2.35 bits per heavy atom. The van der Waals surface area contributed by atoms with Gasteiger partial charge in [0.1, 0.15) is 5.01 Å². The quantitative estimate of drug-likeness (QED) is 0.908. The van der Waals surface area contributed by atoms with E-state index in [9.17, 15) is 9.50 Å². The topological polar surface area (TPSA) is 45.1 Å². The lowest BCUT2D eigenvalue weighted by molar-refractivity contribution is 0.432. The van der Waals surface area contributed by atoms with Gasteiger partial charge < -0.3 is 10.4 Å². The van der Waals surface area contributed by atoms with Crippen LogP contribution in [0.15, 0.2) is 18.2 Å². The van der Waals surface area contributed by atoms with E-state index < -0.39 is 5.82 Å². The predicted octanol–water partition coefficient (Wildman–Crippen LogP) is 3.64. The Bertz CT molecular complexity index is 626. The zero-order valence-corrected chi connectivity index (χ0v) is 12.1. The average Bonchev–Trinajstić information content (AvgIpc) is 2.87. The second-order valence-electron chi connectivity index (χ2n) is 5.00. The summed E-state index contributed by atoms with van der Waals surface area (Å²) in [4.78, 5) is 6.00. The van der Waals surface area contributed by atoms with Crippen molar-refractivity contribution in [2.75, 3.05) is 6.54 Å². The number of aromatic nitrogens is 1. The minimum absolute atomic E-state index is 0.315. The molecule has 0 spiro atoms. The van der Waals surface area contributed by atoms with Crippen LogP contribution >= 0.6 is 11.3 Å². The molecule has 1 aliphatic rings. The van der Waals surface area contributed by atoms with Gasteiger partial charge in [0, 0.05) is 10.4 Å². The van der Waals surface area contributed by atoms with Crippen molar-refractivity contribution in [3.05, 3.63) is 34.6 Å². The summed E-state index contributed by atoms with van der Waals surface area (Å²) in [5.74, 6) is -0.917. The van der Waals surface area contributed by atoms with Gasteiger partial charge in [-0.3, -0.25) is 0 Å². The van der Waals surface area contributed by atoms with E-state index in [0.29, 0.717) is 6.04 Å². The monoisotopic (exact) mass is 292 g/mol. The molecular weight excluding hydrogens is 275 g/mol. The number of fused-ring (bicyclic) bond motifs is 1. The van der Waals surface area contributed by atoms with Crippen molar-refractivity contribution >= 4 is 11.3 Å². The van der Waals surface area contributed by atoms with Crippen LogP contribution in [-0.4, -0.2) is 16.6 Å². The van der Waals surface area contributed by atoms with Gasteiger partial charge in [0.25, 0.3) is 0 Å². The lowest BCUT2D eigenvalue weighted by Gasteiger charge is -2.21. The fourth-order valence-electron chi connectivity index (χ4n) is 2.63. The molecule has 1 unspecified atom stereocenters. The van der Waals surface area contributed by atoms with Crippen molar-refractivity contribution in [3.63, 3.8) is 0 Å². The van der Waals surface area contributed by atoms with Crippen LogP contribution in [0.2, 0.25) is 0 Å². The molecule has 1 aromatic heterocycles. The molecule has 106 valence electrons. The minimum atomic E-state index is -0.598. The summed E-state index contributed by atoms with van der Waals surface area (Å²) in [5.41, 5.74) is 1.85. The summed E-state index contributed by atoms with van der Waals surface area (Å²) >= 11 is 1.63. The van der Waals surface area contributed by atoms with Gasteiger partial charge in [0.15, 0.2) is 11.6 Å². The van der Waals surface area contributed by atoms with Crippen molar-refractivity contribution in [2.24, 2.45) is 0 Å². The van der Waals surface area contributed by atoms with E-state index in [1.54, 1.807) is 17.4 Å². The molecule has 1 aliphatic carbocycles. The maximum atomic E-state index is 13.5. The molecule has 0 amide bonds. The predicted molar refractivity (Wildman–Crippen MR) is 78.5 cm³/mol. The van der Waals surface area contributed by atoms with Crippen LogP contribution in [0.1, 0.15) is 36.4 Å². The summed E-state index contributed by atoms with van der Waals surface area (Å²) < 4.78 is 13.5. The maximum absolute atomic E-state index is 13.5. The number of benzene rings is 1. The molecule has 3 nitrogen and oxygen atoms in total. The summed E-state index contributed by atoms with van der Waals surface area (Å²) in [7, 11) is 0. The Kier molecular flexibility index (Phi) is 3.72. The highest BCUT2D eigenvalue weighted by atomic mass is 32.1. The first-order valence-corrected chi connectivity index (χ1v) is 7.72. The number of halogens is 1. The van der Waals surface area contributed by atoms with Gasteiger partial charge in [-0.15, -0.1) is 11.3 Å². The fourth-order valence-corrected chi connectivity index (χ4v) is 3.79. The third-order valence-electron chi connectivity index (χ3n) is 3.60. The third kappa shape index (κ3) is 2.43. The normalized spacial score (nSPS) is 18.0. The van der Waals surface area contributed by atoms with Gasteiger partial charge in [-0.2, -0.15) is 0 Å². The molecule has 0 bridgehead atoms. The molecule has 1 aromatic carbocycles. The zero-order chi connectivity index (χ0) is 14.1. The van der Waals surface area contributed by atoms with E-state index in [2.05, 4.69) is 12.2 Å². The van der Waals surface area contributed by atoms with Gasteiger partial charge in [0.2, 0.25) is 0 Å². The van der Waals surface area contributed by atoms with E-state index in [1.165, 1.54) is 17.0 Å². The van der Waals surface area contributed by atoms with Crippen LogP contribution in [0.4, 0.5) is 4.39 Å². The molecule has 5 heteroatoms. The first-order chi connectivity index (χ1) is 9.69. The Morgan fingerprint density at radius 1 is 1.50 bits per heavy atom. The first kappa shape index (κ1) is 13.5. The van der Waals surface area contributed by atoms with Crippen molar-refractivity contribution in [1.29, 1.82) is 0 Å². The molecule has 0 fully saturated rings. The SMILES string of the molecule is CCNC1CCCc2sc(-c3ccc(O)c(F)c3)nc21. The number of hydrogen-bond donors (Lipinski definition) is 2. The fraction of sp³-hybridized carbons (Fsp3) is 0.400. The number of nitrogens with one attached hydrogen (secondary N) is 1. The summed E-state index contributed by atoms with van der Waals surface area (Å²) in [6.07, 6.45) is 3.32. The Labute approximate surface area is 121 Å².